The second kappa shape index (κ2) is 3.61. The van der Waals surface area contributed by atoms with Crippen LogP contribution >= 0.6 is 11.6 Å². The predicted octanol–water partition coefficient (Wildman–Crippen LogP) is 2.28. The van der Waals surface area contributed by atoms with Gasteiger partial charge in [0.25, 0.3) is 0 Å². The van der Waals surface area contributed by atoms with Crippen LogP contribution in [0.25, 0.3) is 11.0 Å². The third-order valence-electron chi connectivity index (χ3n) is 2.05. The maximum absolute atomic E-state index is 13.1. The molecule has 1 aromatic carbocycles. The van der Waals surface area contributed by atoms with Gasteiger partial charge in [0.2, 0.25) is 5.43 Å². The molecular weight excluding hydrogens is 239 g/mol. The standard InChI is InChI=1S/C10H4ClFO4/c11-6-2-8-4(1-7(6)12)9(13)5(3-16-8)10(14)15/h1-3H,(H,14,15). The molecule has 2 aromatic rings. The molecule has 1 N–H and O–H groups in total. The highest BCUT2D eigenvalue weighted by molar-refractivity contribution is 6.31. The summed E-state index contributed by atoms with van der Waals surface area (Å²) in [5.41, 5.74) is -1.31. The van der Waals surface area contributed by atoms with Gasteiger partial charge in [0.15, 0.2) is 0 Å². The zero-order chi connectivity index (χ0) is 11.9. The van der Waals surface area contributed by atoms with Crippen molar-refractivity contribution in [2.45, 2.75) is 0 Å². The summed E-state index contributed by atoms with van der Waals surface area (Å²) in [6, 6.07) is 1.98. The normalized spacial score (nSPS) is 10.6. The van der Waals surface area contributed by atoms with Gasteiger partial charge in [-0.3, -0.25) is 4.79 Å². The second-order valence-corrected chi connectivity index (χ2v) is 3.45. The van der Waals surface area contributed by atoms with Gasteiger partial charge >= 0.3 is 5.97 Å². The van der Waals surface area contributed by atoms with Gasteiger partial charge in [-0.05, 0) is 6.07 Å². The maximum atomic E-state index is 13.1. The van der Waals surface area contributed by atoms with E-state index in [0.29, 0.717) is 0 Å². The largest absolute Gasteiger partial charge is 0.477 e. The van der Waals surface area contributed by atoms with Crippen LogP contribution in [0, 0.1) is 5.82 Å². The molecule has 0 unspecified atom stereocenters. The van der Waals surface area contributed by atoms with Crippen molar-refractivity contribution in [2.75, 3.05) is 0 Å². The van der Waals surface area contributed by atoms with E-state index in [0.717, 1.165) is 18.4 Å². The van der Waals surface area contributed by atoms with Crippen LogP contribution in [0.3, 0.4) is 0 Å². The van der Waals surface area contributed by atoms with Crippen LogP contribution in [0.2, 0.25) is 5.02 Å². The van der Waals surface area contributed by atoms with Gasteiger partial charge in [-0.2, -0.15) is 0 Å². The Morgan fingerprint density at radius 3 is 2.75 bits per heavy atom. The third-order valence-corrected chi connectivity index (χ3v) is 2.34. The van der Waals surface area contributed by atoms with E-state index in [4.69, 9.17) is 21.1 Å². The molecule has 0 aliphatic carbocycles. The van der Waals surface area contributed by atoms with E-state index in [-0.39, 0.29) is 16.0 Å². The number of hydrogen-bond donors (Lipinski definition) is 1. The number of carboxylic acid groups (broad SMARTS) is 1. The molecule has 0 aliphatic heterocycles. The van der Waals surface area contributed by atoms with Gasteiger partial charge < -0.3 is 9.52 Å². The summed E-state index contributed by atoms with van der Waals surface area (Å²) in [6.45, 7) is 0. The zero-order valence-corrected chi connectivity index (χ0v) is 8.42. The molecule has 0 radical (unpaired) electrons. The summed E-state index contributed by atoms with van der Waals surface area (Å²) in [7, 11) is 0. The number of halogens is 2. The van der Waals surface area contributed by atoms with Crippen LogP contribution in [-0.2, 0) is 0 Å². The van der Waals surface area contributed by atoms with Gasteiger partial charge in [-0.25, -0.2) is 9.18 Å². The molecule has 0 amide bonds. The van der Waals surface area contributed by atoms with E-state index in [1.165, 1.54) is 0 Å². The van der Waals surface area contributed by atoms with Crippen LogP contribution in [0.5, 0.6) is 0 Å². The lowest BCUT2D eigenvalue weighted by Crippen LogP contribution is -2.14. The van der Waals surface area contributed by atoms with Gasteiger partial charge in [-0.15, -0.1) is 0 Å². The first-order valence-corrected chi connectivity index (χ1v) is 4.52. The lowest BCUT2D eigenvalue weighted by atomic mass is 10.2. The Morgan fingerprint density at radius 1 is 1.44 bits per heavy atom. The zero-order valence-electron chi connectivity index (χ0n) is 7.66. The fourth-order valence-corrected chi connectivity index (χ4v) is 1.43. The Balaban J connectivity index is 2.90. The van der Waals surface area contributed by atoms with Crippen molar-refractivity contribution in [1.82, 2.24) is 0 Å². The molecule has 1 heterocycles. The summed E-state index contributed by atoms with van der Waals surface area (Å²) < 4.78 is 18.0. The molecule has 0 saturated carbocycles. The first kappa shape index (κ1) is 10.6. The number of rotatable bonds is 1. The molecule has 16 heavy (non-hydrogen) atoms. The average Bonchev–Trinajstić information content (AvgIpc) is 2.21. The second-order valence-electron chi connectivity index (χ2n) is 3.05. The fourth-order valence-electron chi connectivity index (χ4n) is 1.27. The van der Waals surface area contributed by atoms with Crippen LogP contribution in [-0.4, -0.2) is 11.1 Å². The topological polar surface area (TPSA) is 67.5 Å². The number of hydrogen-bond acceptors (Lipinski definition) is 3. The third kappa shape index (κ3) is 1.55. The van der Waals surface area contributed by atoms with Gasteiger partial charge in [0.1, 0.15) is 23.2 Å². The minimum Gasteiger partial charge on any atom is -0.477 e. The molecule has 0 atom stereocenters. The van der Waals surface area contributed by atoms with Crippen molar-refractivity contribution < 1.29 is 18.7 Å². The van der Waals surface area contributed by atoms with Crippen LogP contribution in [0.1, 0.15) is 10.4 Å². The fraction of sp³-hybridized carbons (Fsp3) is 0. The van der Waals surface area contributed by atoms with Crippen molar-refractivity contribution in [3.05, 3.63) is 45.0 Å². The lowest BCUT2D eigenvalue weighted by Gasteiger charge is -2.00. The summed E-state index contributed by atoms with van der Waals surface area (Å²) in [6.07, 6.45) is 0.807. The lowest BCUT2D eigenvalue weighted by molar-refractivity contribution is 0.0693. The number of carboxylic acids is 1. The van der Waals surface area contributed by atoms with Crippen LogP contribution in [0.4, 0.5) is 4.39 Å². The minimum absolute atomic E-state index is 0.0430. The summed E-state index contributed by atoms with van der Waals surface area (Å²) >= 11 is 5.49. The monoisotopic (exact) mass is 242 g/mol. The highest BCUT2D eigenvalue weighted by Crippen LogP contribution is 2.21. The first-order valence-electron chi connectivity index (χ1n) is 4.14. The minimum atomic E-state index is -1.42. The molecule has 6 heteroatoms. The summed E-state index contributed by atoms with van der Waals surface area (Å²) in [5.74, 6) is -2.23. The van der Waals surface area contributed by atoms with Gasteiger partial charge in [-0.1, -0.05) is 11.6 Å². The molecule has 0 aliphatic rings. The Morgan fingerprint density at radius 2 is 2.12 bits per heavy atom. The van der Waals surface area contributed by atoms with E-state index >= 15 is 0 Å². The highest BCUT2D eigenvalue weighted by atomic mass is 35.5. The SMILES string of the molecule is O=C(O)c1coc2cc(Cl)c(F)cc2c1=O. The number of carbonyl (C=O) groups is 1. The molecule has 2 rings (SSSR count). The van der Waals surface area contributed by atoms with Crippen molar-refractivity contribution in [2.24, 2.45) is 0 Å². The van der Waals surface area contributed by atoms with Crippen molar-refractivity contribution in [3.8, 4) is 0 Å². The van der Waals surface area contributed by atoms with Crippen molar-refractivity contribution >= 4 is 28.5 Å². The molecular formula is C10H4ClFO4. The van der Waals surface area contributed by atoms with Crippen LogP contribution in [0.15, 0.2) is 27.6 Å². The summed E-state index contributed by atoms with van der Waals surface area (Å²) in [5, 5.41) is 8.32. The van der Waals surface area contributed by atoms with E-state index in [2.05, 4.69) is 0 Å². The van der Waals surface area contributed by atoms with Gasteiger partial charge in [0.05, 0.1) is 10.4 Å². The molecule has 4 nitrogen and oxygen atoms in total. The molecule has 0 saturated heterocycles. The van der Waals surface area contributed by atoms with Crippen molar-refractivity contribution in [1.29, 1.82) is 0 Å². The van der Waals surface area contributed by atoms with Crippen LogP contribution < -0.4 is 5.43 Å². The van der Waals surface area contributed by atoms with E-state index in [9.17, 15) is 14.0 Å². The molecule has 1 aromatic heterocycles. The quantitative estimate of drug-likeness (QED) is 0.833. The average molecular weight is 243 g/mol. The van der Waals surface area contributed by atoms with E-state index in [1.54, 1.807) is 0 Å². The van der Waals surface area contributed by atoms with E-state index in [1.807, 2.05) is 0 Å². The smallest absolute Gasteiger partial charge is 0.342 e. The Bertz CT molecular complexity index is 647. The predicted molar refractivity (Wildman–Crippen MR) is 54.4 cm³/mol. The van der Waals surface area contributed by atoms with Crippen molar-refractivity contribution in [3.63, 3.8) is 0 Å². The molecule has 0 bridgehead atoms. The summed E-state index contributed by atoms with van der Waals surface area (Å²) in [4.78, 5) is 22.2. The van der Waals surface area contributed by atoms with E-state index < -0.39 is 22.8 Å². The Labute approximate surface area is 92.9 Å². The molecule has 0 fully saturated rings. The number of aromatic carboxylic acids is 1. The first-order chi connectivity index (χ1) is 7.50. The number of benzene rings is 1. The molecule has 0 spiro atoms. The maximum Gasteiger partial charge on any atom is 0.342 e. The van der Waals surface area contributed by atoms with Gasteiger partial charge in [0, 0.05) is 6.07 Å². The highest BCUT2D eigenvalue weighted by Gasteiger charge is 2.14. The number of fused-ring (bicyclic) bond motifs is 1. The Kier molecular flexibility index (Phi) is 2.40. The Hall–Kier alpha value is -1.88. The molecule has 82 valence electrons.